The molecule has 1 heteroatoms. The van der Waals surface area contributed by atoms with Crippen LogP contribution < -0.4 is 0 Å². The Morgan fingerprint density at radius 2 is 1.92 bits per heavy atom. The molecule has 0 bridgehead atoms. The predicted molar refractivity (Wildman–Crippen MR) is 49.5 cm³/mol. The fraction of sp³-hybridized carbons (Fsp3) is 0.455. The van der Waals surface area contributed by atoms with E-state index in [2.05, 4.69) is 0 Å². The van der Waals surface area contributed by atoms with Gasteiger partial charge in [0.05, 0.1) is 2.74 Å². The van der Waals surface area contributed by atoms with Crippen LogP contribution in [0, 0.1) is 6.92 Å². The number of benzene rings is 1. The Morgan fingerprint density at radius 1 is 1.25 bits per heavy atom. The van der Waals surface area contributed by atoms with Crippen molar-refractivity contribution >= 4 is 0 Å². The van der Waals surface area contributed by atoms with Crippen molar-refractivity contribution in [1.29, 1.82) is 0 Å². The molecular formula is C11H14O. The standard InChI is InChI=1S/C11H14O/c1-8-6-7-11(12)10-5-3-2-4-9(8)10/h6-7,12H,2-5H2,1H3/i6D,7D. The highest BCUT2D eigenvalue weighted by Gasteiger charge is 2.14. The van der Waals surface area contributed by atoms with Gasteiger partial charge in [-0.05, 0) is 55.3 Å². The first-order chi connectivity index (χ1) is 6.63. The molecule has 0 unspecified atom stereocenters. The summed E-state index contributed by atoms with van der Waals surface area (Å²) in [7, 11) is 0. The van der Waals surface area contributed by atoms with Crippen LogP contribution in [0.3, 0.4) is 0 Å². The zero-order valence-electron chi connectivity index (χ0n) is 9.28. The maximum absolute atomic E-state index is 9.74. The molecule has 0 saturated carbocycles. The lowest BCUT2D eigenvalue weighted by atomic mass is 9.88. The first kappa shape index (κ1) is 5.63. The summed E-state index contributed by atoms with van der Waals surface area (Å²) in [5, 5.41) is 9.74. The molecule has 0 saturated heterocycles. The Bertz CT molecular complexity index is 349. The summed E-state index contributed by atoms with van der Waals surface area (Å²) in [6.45, 7) is 1.88. The SMILES string of the molecule is [2H]c1c([2H])c(O)c2c(c1C)CCCC2. The molecule has 1 aliphatic rings. The molecule has 1 nitrogen and oxygen atoms in total. The Hall–Kier alpha value is -0.980. The van der Waals surface area contributed by atoms with Crippen molar-refractivity contribution in [3.8, 4) is 5.75 Å². The second kappa shape index (κ2) is 2.81. The van der Waals surface area contributed by atoms with E-state index in [4.69, 9.17) is 2.74 Å². The topological polar surface area (TPSA) is 20.2 Å². The quantitative estimate of drug-likeness (QED) is 0.625. The smallest absolute Gasteiger partial charge is 0.119 e. The minimum atomic E-state index is -0.0110. The molecule has 0 atom stereocenters. The molecule has 0 aromatic heterocycles. The Kier molecular flexibility index (Phi) is 1.32. The fourth-order valence-corrected chi connectivity index (χ4v) is 1.88. The van der Waals surface area contributed by atoms with Crippen molar-refractivity contribution < 1.29 is 7.85 Å². The molecule has 64 valence electrons. The van der Waals surface area contributed by atoms with Gasteiger partial charge in [-0.15, -0.1) is 0 Å². The largest absolute Gasteiger partial charge is 0.508 e. The van der Waals surface area contributed by atoms with Crippen molar-refractivity contribution in [1.82, 2.24) is 0 Å². The Morgan fingerprint density at radius 3 is 2.67 bits per heavy atom. The van der Waals surface area contributed by atoms with Crippen LogP contribution >= 0.6 is 0 Å². The molecular weight excluding hydrogens is 148 g/mol. The van der Waals surface area contributed by atoms with E-state index in [0.717, 1.165) is 42.4 Å². The van der Waals surface area contributed by atoms with Crippen molar-refractivity contribution in [3.05, 3.63) is 28.8 Å². The van der Waals surface area contributed by atoms with Gasteiger partial charge in [-0.25, -0.2) is 0 Å². The number of phenols is 1. The van der Waals surface area contributed by atoms with Crippen molar-refractivity contribution in [2.75, 3.05) is 0 Å². The van der Waals surface area contributed by atoms with Crippen molar-refractivity contribution in [2.24, 2.45) is 0 Å². The van der Waals surface area contributed by atoms with E-state index in [-0.39, 0.29) is 17.8 Å². The molecule has 0 fully saturated rings. The van der Waals surface area contributed by atoms with Gasteiger partial charge >= 0.3 is 0 Å². The van der Waals surface area contributed by atoms with Crippen LogP contribution in [0.1, 0.15) is 32.3 Å². The zero-order chi connectivity index (χ0) is 10.3. The van der Waals surface area contributed by atoms with Crippen LogP contribution in [0.25, 0.3) is 0 Å². The summed E-state index contributed by atoms with van der Waals surface area (Å²) in [6.07, 6.45) is 4.01. The van der Waals surface area contributed by atoms with Crippen LogP contribution in [0.4, 0.5) is 0 Å². The van der Waals surface area contributed by atoms with Crippen LogP contribution in [0.2, 0.25) is 0 Å². The lowest BCUT2D eigenvalue weighted by molar-refractivity contribution is 0.461. The number of phenolic OH excluding ortho intramolecular Hbond substituents is 1. The molecule has 1 aliphatic carbocycles. The second-order valence-corrected chi connectivity index (χ2v) is 3.39. The highest BCUT2D eigenvalue weighted by Crippen LogP contribution is 2.30. The fourth-order valence-electron chi connectivity index (χ4n) is 1.88. The first-order valence-electron chi connectivity index (χ1n) is 5.43. The minimum absolute atomic E-state index is 0.0110. The van der Waals surface area contributed by atoms with Gasteiger partial charge in [-0.2, -0.15) is 0 Å². The molecule has 1 aromatic rings. The molecule has 2 rings (SSSR count). The summed E-state index contributed by atoms with van der Waals surface area (Å²) >= 11 is 0. The summed E-state index contributed by atoms with van der Waals surface area (Å²) in [5.74, 6) is 0.0373. The van der Waals surface area contributed by atoms with Crippen molar-refractivity contribution in [2.45, 2.75) is 32.6 Å². The maximum atomic E-state index is 9.74. The first-order valence-corrected chi connectivity index (χ1v) is 4.43. The molecule has 0 aliphatic heterocycles. The Balaban J connectivity index is 2.71. The number of hydrogen-bond donors (Lipinski definition) is 1. The van der Waals surface area contributed by atoms with Crippen molar-refractivity contribution in [3.63, 3.8) is 0 Å². The van der Waals surface area contributed by atoms with Crippen LogP contribution in [0.5, 0.6) is 5.75 Å². The van der Waals surface area contributed by atoms with Crippen LogP contribution in [-0.4, -0.2) is 5.11 Å². The summed E-state index contributed by atoms with van der Waals surface area (Å²) in [5.41, 5.74) is 2.90. The lowest BCUT2D eigenvalue weighted by Gasteiger charge is -2.18. The van der Waals surface area contributed by atoms with Gasteiger partial charge in [0.2, 0.25) is 0 Å². The predicted octanol–water partition coefficient (Wildman–Crippen LogP) is 2.58. The normalized spacial score (nSPS) is 18.1. The molecule has 0 spiro atoms. The second-order valence-electron chi connectivity index (χ2n) is 3.39. The van der Waals surface area contributed by atoms with E-state index in [1.165, 1.54) is 0 Å². The van der Waals surface area contributed by atoms with E-state index in [0.29, 0.717) is 0 Å². The summed E-state index contributed by atoms with van der Waals surface area (Å²) in [4.78, 5) is 0. The minimum Gasteiger partial charge on any atom is -0.508 e. The average Bonchev–Trinajstić information content (AvgIpc) is 2.23. The van der Waals surface area contributed by atoms with E-state index < -0.39 is 0 Å². The highest BCUT2D eigenvalue weighted by atomic mass is 16.3. The molecule has 0 heterocycles. The molecule has 0 radical (unpaired) electrons. The van der Waals surface area contributed by atoms with Crippen LogP contribution in [-0.2, 0) is 12.8 Å². The van der Waals surface area contributed by atoms with Gasteiger partial charge in [0.1, 0.15) is 5.75 Å². The molecule has 1 N–H and O–H groups in total. The third kappa shape index (κ3) is 1.09. The van der Waals surface area contributed by atoms with Gasteiger partial charge in [0, 0.05) is 0 Å². The molecule has 1 aromatic carbocycles. The third-order valence-corrected chi connectivity index (χ3v) is 2.57. The zero-order valence-corrected chi connectivity index (χ0v) is 7.28. The number of rotatable bonds is 0. The number of aromatic hydroxyl groups is 1. The summed E-state index contributed by atoms with van der Waals surface area (Å²) in [6, 6.07) is 0.173. The Labute approximate surface area is 75.9 Å². The van der Waals surface area contributed by atoms with E-state index in [1.54, 1.807) is 0 Å². The van der Waals surface area contributed by atoms with Gasteiger partial charge in [-0.1, -0.05) is 6.04 Å². The number of fused-ring (bicyclic) bond motifs is 1. The van der Waals surface area contributed by atoms with Gasteiger partial charge < -0.3 is 5.11 Å². The van der Waals surface area contributed by atoms with E-state index in [9.17, 15) is 5.11 Å². The summed E-state index contributed by atoms with van der Waals surface area (Å²) < 4.78 is 15.3. The number of hydrogen-bond acceptors (Lipinski definition) is 1. The highest BCUT2D eigenvalue weighted by molar-refractivity contribution is 5.45. The van der Waals surface area contributed by atoms with E-state index in [1.807, 2.05) is 6.92 Å². The van der Waals surface area contributed by atoms with Gasteiger partial charge in [0.15, 0.2) is 0 Å². The molecule has 0 amide bonds. The van der Waals surface area contributed by atoms with E-state index >= 15 is 0 Å². The monoisotopic (exact) mass is 164 g/mol. The molecule has 12 heavy (non-hydrogen) atoms. The lowest BCUT2D eigenvalue weighted by Crippen LogP contribution is -2.04. The third-order valence-electron chi connectivity index (χ3n) is 2.57. The van der Waals surface area contributed by atoms with Gasteiger partial charge in [0.25, 0.3) is 0 Å². The van der Waals surface area contributed by atoms with Crippen LogP contribution in [0.15, 0.2) is 12.1 Å². The van der Waals surface area contributed by atoms with Gasteiger partial charge in [-0.3, -0.25) is 0 Å². The maximum Gasteiger partial charge on any atom is 0.119 e. The average molecular weight is 164 g/mol.